The summed E-state index contributed by atoms with van der Waals surface area (Å²) in [6.45, 7) is 1.95. The standard InChI is InChI=1S/C10H14F4N2O/c1-3-4-7(5-8(11)17-2)9(15)16-6-10(12,13)14/h3-4,8H,1,5-6H2,2H3,(H2,15,16)/b7-4+. The molecule has 0 aliphatic heterocycles. The second kappa shape index (κ2) is 7.05. The summed E-state index contributed by atoms with van der Waals surface area (Å²) in [5.74, 6) is -0.373. The van der Waals surface area contributed by atoms with Crippen LogP contribution < -0.4 is 5.73 Å². The van der Waals surface area contributed by atoms with E-state index < -0.39 is 19.1 Å². The number of allylic oxidation sites excluding steroid dienone is 2. The lowest BCUT2D eigenvalue weighted by Crippen LogP contribution is -2.22. The molecule has 0 aromatic carbocycles. The molecule has 0 aliphatic rings. The zero-order valence-corrected chi connectivity index (χ0v) is 9.30. The summed E-state index contributed by atoms with van der Waals surface area (Å²) in [6, 6.07) is 0. The first-order chi connectivity index (χ1) is 7.80. The number of amidine groups is 1. The van der Waals surface area contributed by atoms with Gasteiger partial charge in [0, 0.05) is 13.5 Å². The van der Waals surface area contributed by atoms with Crippen molar-refractivity contribution < 1.29 is 22.3 Å². The number of hydrogen-bond donors (Lipinski definition) is 1. The zero-order valence-electron chi connectivity index (χ0n) is 9.30. The van der Waals surface area contributed by atoms with Gasteiger partial charge in [-0.2, -0.15) is 13.2 Å². The molecule has 3 nitrogen and oxygen atoms in total. The summed E-state index contributed by atoms with van der Waals surface area (Å²) in [5.41, 5.74) is 5.44. The quantitative estimate of drug-likeness (QED) is 0.342. The highest BCUT2D eigenvalue weighted by Gasteiger charge is 2.26. The van der Waals surface area contributed by atoms with Crippen LogP contribution >= 0.6 is 0 Å². The van der Waals surface area contributed by atoms with Gasteiger partial charge in [0.05, 0.1) is 0 Å². The van der Waals surface area contributed by atoms with Crippen LogP contribution in [-0.2, 0) is 4.74 Å². The van der Waals surface area contributed by atoms with Crippen molar-refractivity contribution >= 4 is 5.84 Å². The number of nitrogens with zero attached hydrogens (tertiary/aromatic N) is 1. The van der Waals surface area contributed by atoms with Gasteiger partial charge in [-0.15, -0.1) is 0 Å². The molecule has 0 saturated carbocycles. The first kappa shape index (κ1) is 15.6. The molecule has 1 unspecified atom stereocenters. The van der Waals surface area contributed by atoms with Gasteiger partial charge in [-0.25, -0.2) is 4.39 Å². The Morgan fingerprint density at radius 1 is 1.53 bits per heavy atom. The van der Waals surface area contributed by atoms with E-state index in [9.17, 15) is 17.6 Å². The molecule has 2 N–H and O–H groups in total. The second-order valence-electron chi connectivity index (χ2n) is 3.09. The predicted octanol–water partition coefficient (Wildman–Crippen LogP) is 2.35. The van der Waals surface area contributed by atoms with Crippen LogP contribution in [0.2, 0.25) is 0 Å². The fourth-order valence-corrected chi connectivity index (χ4v) is 0.933. The molecule has 0 bridgehead atoms. The average molecular weight is 254 g/mol. The van der Waals surface area contributed by atoms with Crippen LogP contribution in [0, 0.1) is 0 Å². The Morgan fingerprint density at radius 2 is 2.12 bits per heavy atom. The van der Waals surface area contributed by atoms with Gasteiger partial charge in [0.1, 0.15) is 12.4 Å². The van der Waals surface area contributed by atoms with E-state index >= 15 is 0 Å². The van der Waals surface area contributed by atoms with Crippen molar-refractivity contribution in [1.82, 2.24) is 0 Å². The number of nitrogens with two attached hydrogens (primary N) is 1. The number of hydrogen-bond acceptors (Lipinski definition) is 2. The summed E-state index contributed by atoms with van der Waals surface area (Å²) >= 11 is 0. The van der Waals surface area contributed by atoms with E-state index in [1.54, 1.807) is 0 Å². The highest BCUT2D eigenvalue weighted by Crippen LogP contribution is 2.16. The molecule has 17 heavy (non-hydrogen) atoms. The first-order valence-electron chi connectivity index (χ1n) is 4.65. The van der Waals surface area contributed by atoms with E-state index in [1.165, 1.54) is 12.2 Å². The second-order valence-corrected chi connectivity index (χ2v) is 3.09. The van der Waals surface area contributed by atoms with E-state index in [4.69, 9.17) is 5.73 Å². The Hall–Kier alpha value is -1.37. The largest absolute Gasteiger partial charge is 0.408 e. The first-order valence-corrected chi connectivity index (χ1v) is 4.65. The number of rotatable bonds is 6. The molecule has 0 spiro atoms. The van der Waals surface area contributed by atoms with Crippen LogP contribution in [0.3, 0.4) is 0 Å². The lowest BCUT2D eigenvalue weighted by Gasteiger charge is -2.10. The molecule has 0 saturated heterocycles. The molecule has 0 heterocycles. The van der Waals surface area contributed by atoms with Gasteiger partial charge in [0.2, 0.25) is 6.36 Å². The molecule has 0 aliphatic carbocycles. The van der Waals surface area contributed by atoms with Crippen molar-refractivity contribution in [2.75, 3.05) is 13.7 Å². The minimum absolute atomic E-state index is 0.110. The van der Waals surface area contributed by atoms with Crippen molar-refractivity contribution in [1.29, 1.82) is 0 Å². The topological polar surface area (TPSA) is 47.6 Å². The third-order valence-corrected chi connectivity index (χ3v) is 1.71. The molecule has 0 fully saturated rings. The average Bonchev–Trinajstić information content (AvgIpc) is 2.24. The maximum atomic E-state index is 12.9. The van der Waals surface area contributed by atoms with Crippen molar-refractivity contribution in [3.05, 3.63) is 24.3 Å². The van der Waals surface area contributed by atoms with E-state index in [0.717, 1.165) is 7.11 Å². The van der Waals surface area contributed by atoms with Crippen molar-refractivity contribution in [2.24, 2.45) is 10.7 Å². The Bertz CT molecular complexity index is 310. The van der Waals surface area contributed by atoms with Crippen LogP contribution in [-0.4, -0.2) is 32.0 Å². The molecule has 1 atom stereocenters. The predicted molar refractivity (Wildman–Crippen MR) is 57.3 cm³/mol. The lowest BCUT2D eigenvalue weighted by atomic mass is 10.1. The Kier molecular flexibility index (Phi) is 6.48. The molecule has 0 amide bonds. The van der Waals surface area contributed by atoms with Crippen LogP contribution in [0.25, 0.3) is 0 Å². The van der Waals surface area contributed by atoms with Gasteiger partial charge in [-0.1, -0.05) is 18.7 Å². The Balaban J connectivity index is 4.71. The third kappa shape index (κ3) is 7.51. The van der Waals surface area contributed by atoms with Gasteiger partial charge in [-0.3, -0.25) is 4.99 Å². The van der Waals surface area contributed by atoms with Crippen LogP contribution in [0.5, 0.6) is 0 Å². The van der Waals surface area contributed by atoms with Gasteiger partial charge in [-0.05, 0) is 5.57 Å². The molecule has 0 aromatic heterocycles. The number of alkyl halides is 4. The Labute approximate surface area is 96.7 Å². The lowest BCUT2D eigenvalue weighted by molar-refractivity contribution is -0.118. The van der Waals surface area contributed by atoms with Crippen LogP contribution in [0.4, 0.5) is 17.6 Å². The fraction of sp³-hybridized carbons (Fsp3) is 0.500. The minimum atomic E-state index is -4.44. The molecule has 7 heteroatoms. The fourth-order valence-electron chi connectivity index (χ4n) is 0.933. The van der Waals surface area contributed by atoms with Gasteiger partial charge < -0.3 is 10.5 Å². The summed E-state index contributed by atoms with van der Waals surface area (Å²) in [5, 5.41) is 0. The minimum Gasteiger partial charge on any atom is -0.384 e. The molecular weight excluding hydrogens is 240 g/mol. The van der Waals surface area contributed by atoms with E-state index in [0.29, 0.717) is 0 Å². The van der Waals surface area contributed by atoms with E-state index in [-0.39, 0.29) is 17.8 Å². The monoisotopic (exact) mass is 254 g/mol. The van der Waals surface area contributed by atoms with Crippen molar-refractivity contribution in [3.8, 4) is 0 Å². The van der Waals surface area contributed by atoms with Crippen LogP contribution in [0.15, 0.2) is 29.3 Å². The smallest absolute Gasteiger partial charge is 0.384 e. The van der Waals surface area contributed by atoms with Crippen LogP contribution in [0.1, 0.15) is 6.42 Å². The van der Waals surface area contributed by atoms with Gasteiger partial charge in [0.15, 0.2) is 0 Å². The van der Waals surface area contributed by atoms with E-state index in [1.807, 2.05) is 0 Å². The molecule has 0 radical (unpaired) electrons. The summed E-state index contributed by atoms with van der Waals surface area (Å²) in [4.78, 5) is 3.13. The normalized spacial score (nSPS) is 15.8. The maximum Gasteiger partial charge on any atom is 0.408 e. The molecule has 0 aromatic rings. The van der Waals surface area contributed by atoms with E-state index in [2.05, 4.69) is 16.3 Å². The van der Waals surface area contributed by atoms with Crippen molar-refractivity contribution in [3.63, 3.8) is 0 Å². The maximum absolute atomic E-state index is 12.9. The number of methoxy groups -OCH3 is 1. The third-order valence-electron chi connectivity index (χ3n) is 1.71. The molecule has 0 rings (SSSR count). The summed E-state index contributed by atoms with van der Waals surface area (Å²) in [7, 11) is 1.14. The van der Waals surface area contributed by atoms with Gasteiger partial charge in [0.25, 0.3) is 0 Å². The highest BCUT2D eigenvalue weighted by atomic mass is 19.4. The highest BCUT2D eigenvalue weighted by molar-refractivity contribution is 5.97. The number of halogens is 4. The van der Waals surface area contributed by atoms with Gasteiger partial charge >= 0.3 is 6.18 Å². The Morgan fingerprint density at radius 3 is 2.53 bits per heavy atom. The zero-order chi connectivity index (χ0) is 13.5. The van der Waals surface area contributed by atoms with Crippen molar-refractivity contribution in [2.45, 2.75) is 19.0 Å². The molecule has 98 valence electrons. The SMILES string of the molecule is C=C/C=C(\CC(F)OC)C(N)=NCC(F)(F)F. The summed E-state index contributed by atoms with van der Waals surface area (Å²) < 4.78 is 52.9. The molecular formula is C10H14F4N2O. The summed E-state index contributed by atoms with van der Waals surface area (Å²) in [6.07, 6.45) is -3.80. The number of ether oxygens (including phenoxy) is 1. The number of aliphatic imine (C=N–C) groups is 1.